The number of benzene rings is 1. The number of halogens is 1. The molecule has 2 rings (SSSR count). The molecule has 0 saturated heterocycles. The fraction of sp³-hybridized carbons (Fsp3) is 0.400. The normalized spacial score (nSPS) is 19.7. The zero-order valence-electron chi connectivity index (χ0n) is 7.39. The lowest BCUT2D eigenvalue weighted by atomic mass is 9.98. The van der Waals surface area contributed by atoms with Gasteiger partial charge in [-0.05, 0) is 24.6 Å². The van der Waals surface area contributed by atoms with Gasteiger partial charge in [-0.25, -0.2) is 4.39 Å². The van der Waals surface area contributed by atoms with E-state index >= 15 is 0 Å². The van der Waals surface area contributed by atoms with Crippen LogP contribution in [-0.2, 0) is 0 Å². The van der Waals surface area contributed by atoms with Crippen molar-refractivity contribution in [3.05, 3.63) is 29.6 Å². The van der Waals surface area contributed by atoms with Crippen molar-refractivity contribution in [3.63, 3.8) is 0 Å². The molecule has 0 aliphatic carbocycles. The summed E-state index contributed by atoms with van der Waals surface area (Å²) in [7, 11) is 0. The van der Waals surface area contributed by atoms with E-state index in [1.54, 1.807) is 6.07 Å². The number of para-hydroxylation sites is 1. The van der Waals surface area contributed by atoms with E-state index in [2.05, 4.69) is 5.32 Å². The van der Waals surface area contributed by atoms with Crippen LogP contribution in [0.2, 0.25) is 0 Å². The van der Waals surface area contributed by atoms with Crippen LogP contribution in [0.3, 0.4) is 0 Å². The molecule has 13 heavy (non-hydrogen) atoms. The molecule has 0 bridgehead atoms. The zero-order chi connectivity index (χ0) is 9.26. The van der Waals surface area contributed by atoms with Gasteiger partial charge in [-0.1, -0.05) is 12.1 Å². The quantitative estimate of drug-likeness (QED) is 0.726. The predicted octanol–water partition coefficient (Wildman–Crippen LogP) is 1.68. The number of hydrogen-bond acceptors (Lipinski definition) is 2. The molecule has 0 spiro atoms. The van der Waals surface area contributed by atoms with Gasteiger partial charge in [-0.3, -0.25) is 0 Å². The number of hydrogen-bond donors (Lipinski definition) is 2. The highest BCUT2D eigenvalue weighted by molar-refractivity contribution is 5.58. The molecule has 70 valence electrons. The van der Waals surface area contributed by atoms with Crippen molar-refractivity contribution in [2.75, 3.05) is 18.4 Å². The topological polar surface area (TPSA) is 38.0 Å². The van der Waals surface area contributed by atoms with Crippen molar-refractivity contribution in [2.24, 2.45) is 5.73 Å². The maximum absolute atomic E-state index is 13.2. The second-order valence-electron chi connectivity index (χ2n) is 3.36. The highest BCUT2D eigenvalue weighted by Gasteiger charge is 2.23. The highest BCUT2D eigenvalue weighted by Crippen LogP contribution is 2.34. The molecular formula is C10H13FN2. The fourth-order valence-electron chi connectivity index (χ4n) is 1.86. The Hall–Kier alpha value is -1.09. The molecule has 1 heterocycles. The van der Waals surface area contributed by atoms with Crippen molar-refractivity contribution in [1.82, 2.24) is 0 Å². The molecule has 1 aliphatic heterocycles. The first kappa shape index (κ1) is 8.51. The number of anilines is 1. The van der Waals surface area contributed by atoms with E-state index in [9.17, 15) is 4.39 Å². The molecule has 3 N–H and O–H groups in total. The molecule has 0 saturated carbocycles. The summed E-state index contributed by atoms with van der Waals surface area (Å²) in [4.78, 5) is 0. The number of nitrogens with two attached hydrogens (primary N) is 1. The van der Waals surface area contributed by atoms with Gasteiger partial charge in [0.25, 0.3) is 0 Å². The largest absolute Gasteiger partial charge is 0.382 e. The lowest BCUT2D eigenvalue weighted by Crippen LogP contribution is -2.08. The lowest BCUT2D eigenvalue weighted by Gasteiger charge is -2.07. The van der Waals surface area contributed by atoms with Crippen molar-refractivity contribution >= 4 is 5.69 Å². The van der Waals surface area contributed by atoms with Crippen molar-refractivity contribution in [3.8, 4) is 0 Å². The maximum Gasteiger partial charge on any atom is 0.146 e. The lowest BCUT2D eigenvalue weighted by molar-refractivity contribution is 0.630. The first-order valence-corrected chi connectivity index (χ1v) is 4.55. The Labute approximate surface area is 76.9 Å². The summed E-state index contributed by atoms with van der Waals surface area (Å²) < 4.78 is 13.2. The number of rotatable bonds is 2. The Balaban J connectivity index is 2.32. The average molecular weight is 180 g/mol. The van der Waals surface area contributed by atoms with Crippen molar-refractivity contribution in [1.29, 1.82) is 0 Å². The van der Waals surface area contributed by atoms with Gasteiger partial charge < -0.3 is 11.1 Å². The Morgan fingerprint density at radius 1 is 1.54 bits per heavy atom. The van der Waals surface area contributed by atoms with Gasteiger partial charge in [0.15, 0.2) is 0 Å². The van der Waals surface area contributed by atoms with E-state index in [1.807, 2.05) is 6.07 Å². The van der Waals surface area contributed by atoms with E-state index in [-0.39, 0.29) is 5.82 Å². The first-order valence-electron chi connectivity index (χ1n) is 4.55. The smallest absolute Gasteiger partial charge is 0.146 e. The van der Waals surface area contributed by atoms with Crippen molar-refractivity contribution < 1.29 is 4.39 Å². The van der Waals surface area contributed by atoms with E-state index in [4.69, 9.17) is 5.73 Å². The SMILES string of the molecule is NCCC1CNc2c(F)cccc21. The van der Waals surface area contributed by atoms with E-state index in [0.29, 0.717) is 18.2 Å². The summed E-state index contributed by atoms with van der Waals surface area (Å²) in [6, 6.07) is 5.21. The Morgan fingerprint density at radius 3 is 3.15 bits per heavy atom. The van der Waals surface area contributed by atoms with Crippen LogP contribution >= 0.6 is 0 Å². The number of nitrogens with one attached hydrogen (secondary N) is 1. The highest BCUT2D eigenvalue weighted by atomic mass is 19.1. The Kier molecular flexibility index (Phi) is 2.19. The molecule has 1 aliphatic rings. The molecule has 0 aromatic heterocycles. The number of fused-ring (bicyclic) bond motifs is 1. The van der Waals surface area contributed by atoms with Crippen LogP contribution in [-0.4, -0.2) is 13.1 Å². The van der Waals surface area contributed by atoms with Gasteiger partial charge >= 0.3 is 0 Å². The van der Waals surface area contributed by atoms with Gasteiger partial charge in [0.1, 0.15) is 5.82 Å². The van der Waals surface area contributed by atoms with Crippen LogP contribution in [0.25, 0.3) is 0 Å². The van der Waals surface area contributed by atoms with Crippen molar-refractivity contribution in [2.45, 2.75) is 12.3 Å². The fourth-order valence-corrected chi connectivity index (χ4v) is 1.86. The first-order chi connectivity index (χ1) is 6.33. The monoisotopic (exact) mass is 180 g/mol. The van der Waals surface area contributed by atoms with E-state index < -0.39 is 0 Å². The molecule has 1 unspecified atom stereocenters. The van der Waals surface area contributed by atoms with E-state index in [1.165, 1.54) is 6.07 Å². The third kappa shape index (κ3) is 1.40. The van der Waals surface area contributed by atoms with Gasteiger partial charge in [0.05, 0.1) is 5.69 Å². The second-order valence-corrected chi connectivity index (χ2v) is 3.36. The van der Waals surface area contributed by atoms with Crippen LogP contribution in [0, 0.1) is 5.82 Å². The standard InChI is InChI=1S/C10H13FN2/c11-9-3-1-2-8-7(4-5-12)6-13-10(8)9/h1-3,7,13H,4-6,12H2. The maximum atomic E-state index is 13.2. The molecule has 1 aromatic carbocycles. The minimum atomic E-state index is -0.156. The Morgan fingerprint density at radius 2 is 2.38 bits per heavy atom. The Bertz CT molecular complexity index is 312. The van der Waals surface area contributed by atoms with Crippen LogP contribution in [0.5, 0.6) is 0 Å². The minimum absolute atomic E-state index is 0.156. The van der Waals surface area contributed by atoms with Crippen LogP contribution < -0.4 is 11.1 Å². The van der Waals surface area contributed by atoms with Crippen LogP contribution in [0.1, 0.15) is 17.9 Å². The summed E-state index contributed by atoms with van der Waals surface area (Å²) in [5, 5.41) is 3.07. The summed E-state index contributed by atoms with van der Waals surface area (Å²) in [6.07, 6.45) is 0.920. The average Bonchev–Trinajstić information content (AvgIpc) is 2.51. The third-order valence-electron chi connectivity index (χ3n) is 2.53. The summed E-state index contributed by atoms with van der Waals surface area (Å²) in [6.45, 7) is 1.47. The van der Waals surface area contributed by atoms with Gasteiger partial charge in [-0.15, -0.1) is 0 Å². The molecule has 0 fully saturated rings. The van der Waals surface area contributed by atoms with Gasteiger partial charge in [-0.2, -0.15) is 0 Å². The van der Waals surface area contributed by atoms with Crippen LogP contribution in [0.4, 0.5) is 10.1 Å². The van der Waals surface area contributed by atoms with Crippen LogP contribution in [0.15, 0.2) is 18.2 Å². The third-order valence-corrected chi connectivity index (χ3v) is 2.53. The molecule has 0 amide bonds. The molecular weight excluding hydrogens is 167 g/mol. The molecule has 1 atom stereocenters. The zero-order valence-corrected chi connectivity index (χ0v) is 7.39. The summed E-state index contributed by atoms with van der Waals surface area (Å²) >= 11 is 0. The summed E-state index contributed by atoms with van der Waals surface area (Å²) in [5.41, 5.74) is 7.22. The van der Waals surface area contributed by atoms with Gasteiger partial charge in [0.2, 0.25) is 0 Å². The van der Waals surface area contributed by atoms with Gasteiger partial charge in [0, 0.05) is 12.5 Å². The second kappa shape index (κ2) is 3.34. The molecule has 1 aromatic rings. The predicted molar refractivity (Wildman–Crippen MR) is 51.3 cm³/mol. The molecule has 2 nitrogen and oxygen atoms in total. The summed E-state index contributed by atoms with van der Waals surface area (Å²) in [5.74, 6) is 0.229. The molecule has 0 radical (unpaired) electrons. The van der Waals surface area contributed by atoms with E-state index in [0.717, 1.165) is 18.5 Å². The molecule has 3 heteroatoms. The minimum Gasteiger partial charge on any atom is -0.382 e.